The van der Waals surface area contributed by atoms with E-state index in [9.17, 15) is 0 Å². The van der Waals surface area contributed by atoms with Gasteiger partial charge in [0, 0.05) is 12.2 Å². The highest BCUT2D eigenvalue weighted by atomic mass is 16.5. The van der Waals surface area contributed by atoms with Gasteiger partial charge in [-0.3, -0.25) is 0 Å². The fourth-order valence-electron chi connectivity index (χ4n) is 2.88. The molecule has 1 N–H and O–H groups in total. The van der Waals surface area contributed by atoms with Gasteiger partial charge in [-0.05, 0) is 62.4 Å². The van der Waals surface area contributed by atoms with Crippen molar-refractivity contribution in [3.8, 4) is 5.75 Å². The van der Waals surface area contributed by atoms with Crippen LogP contribution in [0.15, 0.2) is 48.5 Å². The van der Waals surface area contributed by atoms with E-state index < -0.39 is 0 Å². The van der Waals surface area contributed by atoms with E-state index in [-0.39, 0.29) is 0 Å². The Morgan fingerprint density at radius 1 is 1.05 bits per heavy atom. The highest BCUT2D eigenvalue weighted by molar-refractivity contribution is 5.47. The highest BCUT2D eigenvalue weighted by Gasteiger charge is 2.16. The molecule has 0 atom stereocenters. The molecule has 0 heterocycles. The minimum atomic E-state index is 0.427. The van der Waals surface area contributed by atoms with E-state index in [4.69, 9.17) is 4.74 Å². The Balaban J connectivity index is 1.54. The van der Waals surface area contributed by atoms with Crippen molar-refractivity contribution in [3.05, 3.63) is 59.7 Å². The summed E-state index contributed by atoms with van der Waals surface area (Å²) >= 11 is 0. The van der Waals surface area contributed by atoms with Gasteiger partial charge in [0.2, 0.25) is 0 Å². The minimum Gasteiger partial charge on any atom is -0.490 e. The second-order valence-electron chi connectivity index (χ2n) is 5.89. The first-order valence-electron chi connectivity index (χ1n) is 7.86. The van der Waals surface area contributed by atoms with Crippen molar-refractivity contribution in [3.63, 3.8) is 0 Å². The van der Waals surface area contributed by atoms with Gasteiger partial charge in [-0.15, -0.1) is 0 Å². The summed E-state index contributed by atoms with van der Waals surface area (Å²) < 4.78 is 5.98. The van der Waals surface area contributed by atoms with E-state index in [0.29, 0.717) is 6.10 Å². The van der Waals surface area contributed by atoms with Crippen LogP contribution in [0.2, 0.25) is 0 Å². The summed E-state index contributed by atoms with van der Waals surface area (Å²) in [4.78, 5) is 0. The number of rotatable bonds is 5. The third kappa shape index (κ3) is 4.01. The summed E-state index contributed by atoms with van der Waals surface area (Å²) in [5, 5.41) is 3.45. The maximum atomic E-state index is 5.98. The fourth-order valence-corrected chi connectivity index (χ4v) is 2.88. The summed E-state index contributed by atoms with van der Waals surface area (Å²) in [6.07, 6.45) is 5.44. The summed E-state index contributed by atoms with van der Waals surface area (Å²) in [6.45, 7) is 2.98. The molecule has 0 bridgehead atoms. The Labute approximate surface area is 127 Å². The largest absolute Gasteiger partial charge is 0.490 e. The third-order valence-corrected chi connectivity index (χ3v) is 4.04. The van der Waals surface area contributed by atoms with Gasteiger partial charge in [-0.25, -0.2) is 0 Å². The van der Waals surface area contributed by atoms with Gasteiger partial charge < -0.3 is 10.1 Å². The molecule has 2 heteroatoms. The van der Waals surface area contributed by atoms with Crippen LogP contribution in [0.1, 0.15) is 36.8 Å². The van der Waals surface area contributed by atoms with E-state index in [1.807, 2.05) is 0 Å². The Morgan fingerprint density at radius 3 is 2.52 bits per heavy atom. The number of hydrogen-bond acceptors (Lipinski definition) is 2. The molecule has 0 saturated heterocycles. The van der Waals surface area contributed by atoms with Crippen LogP contribution in [-0.2, 0) is 6.54 Å². The van der Waals surface area contributed by atoms with E-state index in [1.165, 1.54) is 36.8 Å². The van der Waals surface area contributed by atoms with Gasteiger partial charge in [0.15, 0.2) is 0 Å². The number of nitrogens with one attached hydrogen (secondary N) is 1. The van der Waals surface area contributed by atoms with Crippen molar-refractivity contribution in [1.82, 2.24) is 0 Å². The van der Waals surface area contributed by atoms with Crippen LogP contribution >= 0.6 is 0 Å². The van der Waals surface area contributed by atoms with Crippen molar-refractivity contribution < 1.29 is 4.74 Å². The average Bonchev–Trinajstić information content (AvgIpc) is 3.00. The molecule has 110 valence electrons. The molecule has 0 spiro atoms. The topological polar surface area (TPSA) is 21.3 Å². The lowest BCUT2D eigenvalue weighted by molar-refractivity contribution is 0.210. The predicted molar refractivity (Wildman–Crippen MR) is 87.8 cm³/mol. The minimum absolute atomic E-state index is 0.427. The lowest BCUT2D eigenvalue weighted by Crippen LogP contribution is -2.10. The Bertz CT molecular complexity index is 570. The van der Waals surface area contributed by atoms with Gasteiger partial charge in [0.1, 0.15) is 5.75 Å². The first kappa shape index (κ1) is 14.0. The van der Waals surface area contributed by atoms with Crippen LogP contribution in [0.5, 0.6) is 5.75 Å². The standard InChI is InChI=1S/C19H23NO/c1-15-5-4-6-16(13-15)14-20-17-9-11-19(12-10-17)21-18-7-2-3-8-18/h4-6,9-13,18,20H,2-3,7-8,14H2,1H3. The average molecular weight is 281 g/mol. The van der Waals surface area contributed by atoms with Crippen molar-refractivity contribution in [2.45, 2.75) is 45.3 Å². The first-order valence-corrected chi connectivity index (χ1v) is 7.86. The molecule has 0 aromatic heterocycles. The summed E-state index contributed by atoms with van der Waals surface area (Å²) in [7, 11) is 0. The molecule has 1 fully saturated rings. The molecular formula is C19H23NO. The number of hydrogen-bond donors (Lipinski definition) is 1. The second kappa shape index (κ2) is 6.66. The van der Waals surface area contributed by atoms with E-state index in [2.05, 4.69) is 60.8 Å². The van der Waals surface area contributed by atoms with Crippen LogP contribution < -0.4 is 10.1 Å². The molecule has 1 aliphatic rings. The number of anilines is 1. The number of benzene rings is 2. The molecule has 0 amide bonds. The Kier molecular flexibility index (Phi) is 4.44. The molecule has 1 saturated carbocycles. The van der Waals surface area contributed by atoms with E-state index >= 15 is 0 Å². The van der Waals surface area contributed by atoms with Gasteiger partial charge in [0.25, 0.3) is 0 Å². The lowest BCUT2D eigenvalue weighted by atomic mass is 10.1. The molecule has 3 rings (SSSR count). The molecule has 0 aliphatic heterocycles. The van der Waals surface area contributed by atoms with Gasteiger partial charge in [-0.1, -0.05) is 29.8 Å². The molecule has 1 aliphatic carbocycles. The molecule has 2 nitrogen and oxygen atoms in total. The maximum absolute atomic E-state index is 5.98. The molecule has 2 aromatic rings. The van der Waals surface area contributed by atoms with Crippen molar-refractivity contribution in [2.75, 3.05) is 5.32 Å². The molecule has 0 unspecified atom stereocenters. The van der Waals surface area contributed by atoms with Gasteiger partial charge in [-0.2, -0.15) is 0 Å². The second-order valence-corrected chi connectivity index (χ2v) is 5.89. The summed E-state index contributed by atoms with van der Waals surface area (Å²) in [5.41, 5.74) is 3.74. The number of ether oxygens (including phenoxy) is 1. The SMILES string of the molecule is Cc1cccc(CNc2ccc(OC3CCCC3)cc2)c1. The third-order valence-electron chi connectivity index (χ3n) is 4.04. The number of aryl methyl sites for hydroxylation is 1. The summed E-state index contributed by atoms with van der Waals surface area (Å²) in [6, 6.07) is 16.9. The van der Waals surface area contributed by atoms with Gasteiger partial charge >= 0.3 is 0 Å². The summed E-state index contributed by atoms with van der Waals surface area (Å²) in [5.74, 6) is 0.989. The van der Waals surface area contributed by atoms with E-state index in [1.54, 1.807) is 0 Å². The molecule has 21 heavy (non-hydrogen) atoms. The fraction of sp³-hybridized carbons (Fsp3) is 0.368. The quantitative estimate of drug-likeness (QED) is 0.839. The highest BCUT2D eigenvalue weighted by Crippen LogP contribution is 2.25. The van der Waals surface area contributed by atoms with Crippen molar-refractivity contribution in [2.24, 2.45) is 0 Å². The Hall–Kier alpha value is -1.96. The zero-order valence-corrected chi connectivity index (χ0v) is 12.6. The van der Waals surface area contributed by atoms with Crippen molar-refractivity contribution in [1.29, 1.82) is 0 Å². The van der Waals surface area contributed by atoms with Crippen LogP contribution in [0.25, 0.3) is 0 Å². The lowest BCUT2D eigenvalue weighted by Gasteiger charge is -2.13. The zero-order valence-electron chi connectivity index (χ0n) is 12.6. The predicted octanol–water partition coefficient (Wildman–Crippen LogP) is 4.93. The van der Waals surface area contributed by atoms with Gasteiger partial charge in [0.05, 0.1) is 6.10 Å². The monoisotopic (exact) mass is 281 g/mol. The molecule has 0 radical (unpaired) electrons. The zero-order chi connectivity index (χ0) is 14.5. The smallest absolute Gasteiger partial charge is 0.119 e. The molecule has 2 aromatic carbocycles. The van der Waals surface area contributed by atoms with E-state index in [0.717, 1.165) is 18.0 Å². The van der Waals surface area contributed by atoms with Crippen LogP contribution in [-0.4, -0.2) is 6.10 Å². The van der Waals surface area contributed by atoms with Crippen LogP contribution in [0.3, 0.4) is 0 Å². The first-order chi connectivity index (χ1) is 10.3. The van der Waals surface area contributed by atoms with Crippen molar-refractivity contribution >= 4 is 5.69 Å². The molecular weight excluding hydrogens is 258 g/mol. The van der Waals surface area contributed by atoms with Crippen LogP contribution in [0, 0.1) is 6.92 Å². The normalized spacial score (nSPS) is 15.1. The van der Waals surface area contributed by atoms with Crippen LogP contribution in [0.4, 0.5) is 5.69 Å². The maximum Gasteiger partial charge on any atom is 0.119 e. The Morgan fingerprint density at radius 2 is 1.81 bits per heavy atom.